The fourth-order valence-corrected chi connectivity index (χ4v) is 2.46. The molecule has 0 saturated carbocycles. The minimum absolute atomic E-state index is 0.868. The van der Waals surface area contributed by atoms with E-state index >= 15 is 0 Å². The van der Waals surface area contributed by atoms with Crippen LogP contribution in [0.15, 0.2) is 66.7 Å². The number of hydrogen-bond acceptors (Lipinski definition) is 1. The van der Waals surface area contributed by atoms with E-state index in [2.05, 4.69) is 49.4 Å². The maximum atomic E-state index is 5.52. The lowest BCUT2D eigenvalue weighted by Gasteiger charge is -2.04. The average molecular weight is 291 g/mol. The first kappa shape index (κ1) is 16.1. The lowest BCUT2D eigenvalue weighted by molar-refractivity contribution is 0.799. The average Bonchev–Trinajstić information content (AvgIpc) is 2.56. The summed E-state index contributed by atoms with van der Waals surface area (Å²) in [5.74, 6) is 0. The van der Waals surface area contributed by atoms with Gasteiger partial charge in [-0.25, -0.2) is 0 Å². The second-order valence-electron chi connectivity index (χ2n) is 5.60. The molecule has 0 bridgehead atoms. The fraction of sp³-hybridized carbons (Fsp3) is 0.238. The van der Waals surface area contributed by atoms with Crippen molar-refractivity contribution in [3.05, 3.63) is 77.9 Å². The Morgan fingerprint density at radius 2 is 1.50 bits per heavy atom. The molecule has 0 spiro atoms. The van der Waals surface area contributed by atoms with E-state index in [1.807, 2.05) is 31.2 Å². The molecule has 3 rings (SSSR count). The molecule has 22 heavy (non-hydrogen) atoms. The van der Waals surface area contributed by atoms with Crippen molar-refractivity contribution in [2.24, 2.45) is 0 Å². The van der Waals surface area contributed by atoms with Crippen LogP contribution in [0.1, 0.15) is 30.9 Å². The lowest BCUT2D eigenvalue weighted by Crippen LogP contribution is -1.86. The monoisotopic (exact) mass is 291 g/mol. The van der Waals surface area contributed by atoms with Crippen molar-refractivity contribution in [1.29, 1.82) is 0 Å². The third kappa shape index (κ3) is 4.36. The number of rotatable bonds is 3. The first-order valence-electron chi connectivity index (χ1n) is 8.00. The Hall–Kier alpha value is -2.28. The van der Waals surface area contributed by atoms with Gasteiger partial charge in [0.1, 0.15) is 0 Å². The summed E-state index contributed by atoms with van der Waals surface area (Å²) in [6.45, 7) is 4.24. The van der Waals surface area contributed by atoms with Gasteiger partial charge < -0.3 is 5.73 Å². The number of nitrogens with two attached hydrogens (primary N) is 1. The number of aryl methyl sites for hydroxylation is 2. The SMILES string of the molecule is CCCCc1cccc2ccccc12.Cc1ccccc1N. The highest BCUT2D eigenvalue weighted by Gasteiger charge is 1.98. The maximum Gasteiger partial charge on any atom is 0.0343 e. The van der Waals surface area contributed by atoms with E-state index in [4.69, 9.17) is 5.73 Å². The molecule has 1 nitrogen and oxygen atoms in total. The first-order chi connectivity index (χ1) is 10.7. The van der Waals surface area contributed by atoms with Crippen LogP contribution in [0.4, 0.5) is 5.69 Å². The summed E-state index contributed by atoms with van der Waals surface area (Å²) >= 11 is 0. The second kappa shape index (κ2) is 8.23. The Kier molecular flexibility index (Phi) is 6.02. The highest BCUT2D eigenvalue weighted by atomic mass is 14.5. The largest absolute Gasteiger partial charge is 0.399 e. The Morgan fingerprint density at radius 1 is 0.818 bits per heavy atom. The predicted octanol–water partition coefficient (Wildman–Crippen LogP) is 5.76. The molecule has 0 fully saturated rings. The van der Waals surface area contributed by atoms with Gasteiger partial charge in [-0.15, -0.1) is 0 Å². The van der Waals surface area contributed by atoms with E-state index in [0.29, 0.717) is 0 Å². The van der Waals surface area contributed by atoms with Crippen LogP contribution in [0.25, 0.3) is 10.8 Å². The Bertz CT molecular complexity index is 689. The topological polar surface area (TPSA) is 26.0 Å². The van der Waals surface area contributed by atoms with E-state index in [0.717, 1.165) is 11.3 Å². The number of anilines is 1. The number of fused-ring (bicyclic) bond motifs is 1. The van der Waals surface area contributed by atoms with Crippen molar-refractivity contribution >= 4 is 16.5 Å². The molecule has 3 aromatic carbocycles. The van der Waals surface area contributed by atoms with Gasteiger partial charge in [0.05, 0.1) is 0 Å². The van der Waals surface area contributed by atoms with Crippen LogP contribution in [-0.4, -0.2) is 0 Å². The van der Waals surface area contributed by atoms with Gasteiger partial charge in [-0.2, -0.15) is 0 Å². The van der Waals surface area contributed by atoms with Crippen molar-refractivity contribution in [2.45, 2.75) is 33.1 Å². The number of para-hydroxylation sites is 1. The standard InChI is InChI=1S/C14H16.C7H9N/c1-2-3-7-12-9-6-10-13-8-4-5-11-14(12)13;1-6-4-2-3-5-7(6)8/h4-6,8-11H,2-3,7H2,1H3;2-5H,8H2,1H3. The highest BCUT2D eigenvalue weighted by molar-refractivity contribution is 5.85. The van der Waals surface area contributed by atoms with Crippen molar-refractivity contribution in [3.8, 4) is 0 Å². The van der Waals surface area contributed by atoms with Crippen molar-refractivity contribution < 1.29 is 0 Å². The van der Waals surface area contributed by atoms with Gasteiger partial charge in [-0.05, 0) is 47.7 Å². The van der Waals surface area contributed by atoms with E-state index in [1.54, 1.807) is 0 Å². The van der Waals surface area contributed by atoms with Crippen LogP contribution in [0.3, 0.4) is 0 Å². The molecule has 1 heteroatoms. The molecule has 0 aliphatic rings. The van der Waals surface area contributed by atoms with E-state index in [9.17, 15) is 0 Å². The zero-order chi connectivity index (χ0) is 15.8. The van der Waals surface area contributed by atoms with E-state index in [1.165, 1.54) is 35.6 Å². The molecular formula is C21H25N. The highest BCUT2D eigenvalue weighted by Crippen LogP contribution is 2.19. The third-order valence-electron chi connectivity index (χ3n) is 3.87. The molecule has 3 aromatic rings. The summed E-state index contributed by atoms with van der Waals surface area (Å²) in [5.41, 5.74) is 9.02. The number of hydrogen-bond donors (Lipinski definition) is 1. The molecule has 0 amide bonds. The van der Waals surface area contributed by atoms with Gasteiger partial charge >= 0.3 is 0 Å². The molecule has 2 N–H and O–H groups in total. The first-order valence-corrected chi connectivity index (χ1v) is 8.00. The fourth-order valence-electron chi connectivity index (χ4n) is 2.46. The smallest absolute Gasteiger partial charge is 0.0343 e. The molecular weight excluding hydrogens is 266 g/mol. The zero-order valence-electron chi connectivity index (χ0n) is 13.5. The molecule has 0 aliphatic heterocycles. The molecule has 0 atom stereocenters. The predicted molar refractivity (Wildman–Crippen MR) is 98.2 cm³/mol. The lowest BCUT2D eigenvalue weighted by atomic mass is 10.0. The summed E-state index contributed by atoms with van der Waals surface area (Å²) in [6.07, 6.45) is 3.76. The minimum Gasteiger partial charge on any atom is -0.399 e. The van der Waals surface area contributed by atoms with Crippen LogP contribution in [0.5, 0.6) is 0 Å². The summed E-state index contributed by atoms with van der Waals surface area (Å²) in [4.78, 5) is 0. The maximum absolute atomic E-state index is 5.52. The Balaban J connectivity index is 0.000000188. The number of nitrogen functional groups attached to an aromatic ring is 1. The summed E-state index contributed by atoms with van der Waals surface area (Å²) in [7, 11) is 0. The van der Waals surface area contributed by atoms with E-state index < -0.39 is 0 Å². The molecule has 0 saturated heterocycles. The van der Waals surface area contributed by atoms with Crippen molar-refractivity contribution in [2.75, 3.05) is 5.73 Å². The summed E-state index contributed by atoms with van der Waals surface area (Å²) in [5, 5.41) is 2.78. The summed E-state index contributed by atoms with van der Waals surface area (Å²) in [6, 6.07) is 23.0. The van der Waals surface area contributed by atoms with Gasteiger partial charge in [0, 0.05) is 5.69 Å². The third-order valence-corrected chi connectivity index (χ3v) is 3.87. The van der Waals surface area contributed by atoms with Gasteiger partial charge in [0.25, 0.3) is 0 Å². The van der Waals surface area contributed by atoms with Gasteiger partial charge in [0.2, 0.25) is 0 Å². The molecule has 0 aliphatic carbocycles. The Labute approximate surface area is 133 Å². The quantitative estimate of drug-likeness (QED) is 0.610. The molecule has 114 valence electrons. The van der Waals surface area contributed by atoms with Gasteiger partial charge in [-0.3, -0.25) is 0 Å². The number of benzene rings is 3. The molecule has 0 radical (unpaired) electrons. The van der Waals surface area contributed by atoms with Crippen LogP contribution in [0, 0.1) is 6.92 Å². The zero-order valence-corrected chi connectivity index (χ0v) is 13.5. The van der Waals surface area contributed by atoms with Crippen molar-refractivity contribution in [3.63, 3.8) is 0 Å². The van der Waals surface area contributed by atoms with Gasteiger partial charge in [-0.1, -0.05) is 74.0 Å². The second-order valence-corrected chi connectivity index (χ2v) is 5.60. The normalized spacial score (nSPS) is 10.1. The summed E-state index contributed by atoms with van der Waals surface area (Å²) < 4.78 is 0. The number of unbranched alkanes of at least 4 members (excludes halogenated alkanes) is 1. The molecule has 0 unspecified atom stereocenters. The molecule has 0 heterocycles. The van der Waals surface area contributed by atoms with Crippen molar-refractivity contribution in [1.82, 2.24) is 0 Å². The molecule has 0 aromatic heterocycles. The van der Waals surface area contributed by atoms with Crippen LogP contribution < -0.4 is 5.73 Å². The van der Waals surface area contributed by atoms with Gasteiger partial charge in [0.15, 0.2) is 0 Å². The van der Waals surface area contributed by atoms with Crippen LogP contribution in [0.2, 0.25) is 0 Å². The van der Waals surface area contributed by atoms with Crippen LogP contribution in [-0.2, 0) is 6.42 Å². The van der Waals surface area contributed by atoms with Crippen LogP contribution >= 0.6 is 0 Å². The Morgan fingerprint density at radius 3 is 2.18 bits per heavy atom. The van der Waals surface area contributed by atoms with E-state index in [-0.39, 0.29) is 0 Å². The minimum atomic E-state index is 0.868.